The summed E-state index contributed by atoms with van der Waals surface area (Å²) in [7, 11) is 0. The number of carbonyl (C=O) groups excluding carboxylic acids is 1. The van der Waals surface area contributed by atoms with Crippen LogP contribution in [-0.4, -0.2) is 33.3 Å². The van der Waals surface area contributed by atoms with Gasteiger partial charge in [-0.15, -0.1) is 0 Å². The molecule has 0 bridgehead atoms. The quantitative estimate of drug-likeness (QED) is 0.681. The Balaban J connectivity index is 1.75. The minimum Gasteiger partial charge on any atom is -0.491 e. The highest BCUT2D eigenvalue weighted by atomic mass is 16.5. The Morgan fingerprint density at radius 3 is 2.77 bits per heavy atom. The van der Waals surface area contributed by atoms with Crippen LogP contribution >= 0.6 is 0 Å². The van der Waals surface area contributed by atoms with Crippen LogP contribution in [0.5, 0.6) is 5.75 Å². The summed E-state index contributed by atoms with van der Waals surface area (Å²) in [5.41, 5.74) is 9.15. The number of ether oxygens (including phenoxy) is 1. The number of aryl methyl sites for hydroxylation is 2. The van der Waals surface area contributed by atoms with Gasteiger partial charge in [0.05, 0.1) is 24.0 Å². The summed E-state index contributed by atoms with van der Waals surface area (Å²) in [6, 6.07) is 13.5. The average Bonchev–Trinajstić information content (AvgIpc) is 2.91. The first-order valence-electron chi connectivity index (χ1n) is 8.54. The van der Waals surface area contributed by atoms with E-state index in [1.165, 1.54) is 0 Å². The monoisotopic (exact) mass is 353 g/mol. The van der Waals surface area contributed by atoms with Crippen molar-refractivity contribution in [2.75, 3.05) is 6.61 Å². The molecule has 2 aromatic carbocycles. The number of aliphatic hydroxyl groups excluding tert-OH is 1. The lowest BCUT2D eigenvalue weighted by atomic mass is 10.1. The maximum Gasteiger partial charge on any atom is 0.225 e. The van der Waals surface area contributed by atoms with Crippen molar-refractivity contribution in [2.24, 2.45) is 5.73 Å². The van der Waals surface area contributed by atoms with Crippen molar-refractivity contribution >= 4 is 16.9 Å². The summed E-state index contributed by atoms with van der Waals surface area (Å²) in [6.07, 6.45) is -0.723. The molecule has 0 spiro atoms. The molecule has 0 unspecified atom stereocenters. The second-order valence-corrected chi connectivity index (χ2v) is 6.50. The molecule has 0 radical (unpaired) electrons. The number of fused-ring (bicyclic) bond motifs is 1. The first kappa shape index (κ1) is 17.9. The molecule has 136 valence electrons. The lowest BCUT2D eigenvalue weighted by molar-refractivity contribution is -0.117. The summed E-state index contributed by atoms with van der Waals surface area (Å²) < 4.78 is 7.59. The number of nitrogens with zero attached hydrogens (tertiary/aromatic N) is 2. The van der Waals surface area contributed by atoms with Crippen LogP contribution in [0.2, 0.25) is 0 Å². The van der Waals surface area contributed by atoms with Crippen LogP contribution in [0.15, 0.2) is 42.5 Å². The van der Waals surface area contributed by atoms with Gasteiger partial charge in [0.2, 0.25) is 5.91 Å². The van der Waals surface area contributed by atoms with E-state index in [4.69, 9.17) is 10.5 Å². The van der Waals surface area contributed by atoms with E-state index in [0.29, 0.717) is 5.82 Å². The fourth-order valence-corrected chi connectivity index (χ4v) is 3.03. The number of amides is 1. The first-order valence-corrected chi connectivity index (χ1v) is 8.54. The number of para-hydroxylation sites is 2. The van der Waals surface area contributed by atoms with Crippen molar-refractivity contribution in [3.05, 3.63) is 59.4 Å². The van der Waals surface area contributed by atoms with E-state index in [0.717, 1.165) is 27.9 Å². The lowest BCUT2D eigenvalue weighted by Gasteiger charge is -2.16. The average molecular weight is 353 g/mol. The van der Waals surface area contributed by atoms with Gasteiger partial charge in [0.1, 0.15) is 24.3 Å². The van der Waals surface area contributed by atoms with Crippen LogP contribution in [0.25, 0.3) is 11.0 Å². The number of aromatic nitrogens is 2. The number of nitrogens with two attached hydrogens (primary N) is 1. The van der Waals surface area contributed by atoms with E-state index < -0.39 is 12.0 Å². The molecule has 0 fully saturated rings. The number of aliphatic hydroxyl groups is 1. The van der Waals surface area contributed by atoms with Gasteiger partial charge in [0.15, 0.2) is 0 Å². The molecule has 0 aliphatic carbocycles. The summed E-state index contributed by atoms with van der Waals surface area (Å²) in [4.78, 5) is 15.8. The number of primary amides is 1. The second-order valence-electron chi connectivity index (χ2n) is 6.50. The second kappa shape index (κ2) is 7.58. The van der Waals surface area contributed by atoms with E-state index in [1.807, 2.05) is 60.9 Å². The fourth-order valence-electron chi connectivity index (χ4n) is 3.03. The molecule has 3 rings (SSSR count). The molecule has 6 heteroatoms. The van der Waals surface area contributed by atoms with Crippen LogP contribution in [0, 0.1) is 13.8 Å². The molecule has 1 atom stereocenters. The van der Waals surface area contributed by atoms with Gasteiger partial charge in [-0.25, -0.2) is 4.98 Å². The maximum atomic E-state index is 11.3. The Kier molecular flexibility index (Phi) is 5.23. The maximum absolute atomic E-state index is 11.3. The van der Waals surface area contributed by atoms with Crippen molar-refractivity contribution in [1.82, 2.24) is 9.55 Å². The molecule has 0 aliphatic heterocycles. The van der Waals surface area contributed by atoms with Gasteiger partial charge in [0.25, 0.3) is 0 Å². The predicted molar refractivity (Wildman–Crippen MR) is 100 cm³/mol. The van der Waals surface area contributed by atoms with Crippen LogP contribution < -0.4 is 10.5 Å². The normalized spacial score (nSPS) is 12.3. The lowest BCUT2D eigenvalue weighted by Crippen LogP contribution is -2.26. The van der Waals surface area contributed by atoms with E-state index in [1.54, 1.807) is 0 Å². The molecule has 0 aliphatic rings. The molecule has 0 saturated heterocycles. The fraction of sp³-hybridized carbons (Fsp3) is 0.300. The van der Waals surface area contributed by atoms with Crippen molar-refractivity contribution < 1.29 is 14.6 Å². The van der Waals surface area contributed by atoms with Crippen molar-refractivity contribution in [3.8, 4) is 5.75 Å². The largest absolute Gasteiger partial charge is 0.491 e. The van der Waals surface area contributed by atoms with Gasteiger partial charge in [-0.05, 0) is 37.6 Å². The summed E-state index contributed by atoms with van der Waals surface area (Å²) in [5, 5.41) is 10.5. The molecular formula is C20H23N3O3. The Morgan fingerprint density at radius 1 is 1.27 bits per heavy atom. The Bertz CT molecular complexity index is 933. The van der Waals surface area contributed by atoms with E-state index in [-0.39, 0.29) is 19.6 Å². The minimum atomic E-state index is -0.750. The van der Waals surface area contributed by atoms with E-state index in [2.05, 4.69) is 4.98 Å². The van der Waals surface area contributed by atoms with E-state index >= 15 is 0 Å². The van der Waals surface area contributed by atoms with Gasteiger partial charge in [0, 0.05) is 0 Å². The molecule has 1 amide bonds. The highest BCUT2D eigenvalue weighted by Crippen LogP contribution is 2.20. The number of hydrogen-bond acceptors (Lipinski definition) is 4. The zero-order valence-corrected chi connectivity index (χ0v) is 15.0. The zero-order chi connectivity index (χ0) is 18.7. The summed E-state index contributed by atoms with van der Waals surface area (Å²) in [6.45, 7) is 4.42. The molecule has 3 aromatic rings. The Labute approximate surface area is 152 Å². The predicted octanol–water partition coefficient (Wildman–Crippen LogP) is 2.12. The molecule has 3 N–H and O–H groups in total. The minimum absolute atomic E-state index is 0.0271. The van der Waals surface area contributed by atoms with Crippen molar-refractivity contribution in [3.63, 3.8) is 0 Å². The van der Waals surface area contributed by atoms with Crippen LogP contribution in [0.4, 0.5) is 0 Å². The van der Waals surface area contributed by atoms with Crippen LogP contribution in [0.1, 0.15) is 17.0 Å². The number of benzene rings is 2. The number of imidazole rings is 1. The highest BCUT2D eigenvalue weighted by Gasteiger charge is 2.16. The number of carbonyl (C=O) groups is 1. The summed E-state index contributed by atoms with van der Waals surface area (Å²) >= 11 is 0. The van der Waals surface area contributed by atoms with Crippen molar-refractivity contribution in [1.29, 1.82) is 0 Å². The third-order valence-electron chi connectivity index (χ3n) is 4.22. The molecule has 0 saturated carbocycles. The van der Waals surface area contributed by atoms with Crippen LogP contribution in [0.3, 0.4) is 0 Å². The van der Waals surface area contributed by atoms with E-state index in [9.17, 15) is 9.90 Å². The molecule has 1 heterocycles. The third-order valence-corrected chi connectivity index (χ3v) is 4.22. The molecule has 26 heavy (non-hydrogen) atoms. The van der Waals surface area contributed by atoms with Crippen molar-refractivity contribution in [2.45, 2.75) is 32.9 Å². The van der Waals surface area contributed by atoms with Gasteiger partial charge in [-0.2, -0.15) is 0 Å². The first-order chi connectivity index (χ1) is 12.4. The topological polar surface area (TPSA) is 90.4 Å². The van der Waals surface area contributed by atoms with Crippen LogP contribution in [-0.2, 0) is 17.8 Å². The molecule has 1 aromatic heterocycles. The van der Waals surface area contributed by atoms with Gasteiger partial charge in [-0.1, -0.05) is 29.8 Å². The number of hydrogen-bond donors (Lipinski definition) is 2. The molecule has 6 nitrogen and oxygen atoms in total. The SMILES string of the molecule is Cc1ccc(OC[C@@H](O)Cn2c(CC(N)=O)nc3ccccc32)c(C)c1. The smallest absolute Gasteiger partial charge is 0.225 e. The molecular weight excluding hydrogens is 330 g/mol. The standard InChI is InChI=1S/C20H23N3O3/c1-13-7-8-18(14(2)9-13)26-12-15(24)11-23-17-6-4-3-5-16(17)22-20(23)10-19(21)25/h3-9,15,24H,10-12H2,1-2H3,(H2,21,25)/t15-/m0/s1. The van der Waals surface area contributed by atoms with Gasteiger partial charge >= 0.3 is 0 Å². The third kappa shape index (κ3) is 4.03. The summed E-state index contributed by atoms with van der Waals surface area (Å²) in [5.74, 6) is 0.842. The van der Waals surface area contributed by atoms with Gasteiger partial charge in [-0.3, -0.25) is 4.79 Å². The number of rotatable bonds is 7. The zero-order valence-electron chi connectivity index (χ0n) is 15.0. The highest BCUT2D eigenvalue weighted by molar-refractivity contribution is 5.80. The Morgan fingerprint density at radius 2 is 2.04 bits per heavy atom. The van der Waals surface area contributed by atoms with Gasteiger partial charge < -0.3 is 20.1 Å². The Hall–Kier alpha value is -2.86.